The van der Waals surface area contributed by atoms with Gasteiger partial charge in [-0.3, -0.25) is 4.79 Å². The summed E-state index contributed by atoms with van der Waals surface area (Å²) in [6, 6.07) is 14.2. The standard InChI is InChI=1S/C17H19NO/c1-2-17(10-5-11-18-17)16(19)15-9-8-13-6-3-4-7-14(13)12-15/h3-4,6-9,12,18H,2,5,10-11H2,1H3. The van der Waals surface area contributed by atoms with Gasteiger partial charge in [0.2, 0.25) is 0 Å². The molecule has 3 rings (SSSR count). The van der Waals surface area contributed by atoms with E-state index in [4.69, 9.17) is 0 Å². The van der Waals surface area contributed by atoms with E-state index < -0.39 is 0 Å². The van der Waals surface area contributed by atoms with Gasteiger partial charge in [-0.1, -0.05) is 43.3 Å². The van der Waals surface area contributed by atoms with Crippen LogP contribution in [0.2, 0.25) is 0 Å². The molecule has 2 aromatic carbocycles. The summed E-state index contributed by atoms with van der Waals surface area (Å²) in [5, 5.41) is 5.74. The molecule has 2 nitrogen and oxygen atoms in total. The van der Waals surface area contributed by atoms with Gasteiger partial charge >= 0.3 is 0 Å². The molecule has 2 aromatic rings. The van der Waals surface area contributed by atoms with Gasteiger partial charge in [0.1, 0.15) is 0 Å². The van der Waals surface area contributed by atoms with Crippen LogP contribution < -0.4 is 5.32 Å². The van der Waals surface area contributed by atoms with Gasteiger partial charge in [-0.15, -0.1) is 0 Å². The average molecular weight is 253 g/mol. The van der Waals surface area contributed by atoms with Crippen molar-refractivity contribution in [1.29, 1.82) is 0 Å². The number of rotatable bonds is 3. The number of carbonyl (C=O) groups is 1. The maximum absolute atomic E-state index is 12.8. The Morgan fingerprint density at radius 1 is 1.21 bits per heavy atom. The van der Waals surface area contributed by atoms with Crippen molar-refractivity contribution in [3.8, 4) is 0 Å². The van der Waals surface area contributed by atoms with Crippen LogP contribution in [0.4, 0.5) is 0 Å². The number of hydrogen-bond acceptors (Lipinski definition) is 2. The van der Waals surface area contributed by atoms with E-state index in [9.17, 15) is 4.79 Å². The third kappa shape index (κ3) is 2.06. The molecule has 0 saturated carbocycles. The largest absolute Gasteiger partial charge is 0.305 e. The van der Waals surface area contributed by atoms with E-state index >= 15 is 0 Å². The first-order valence-corrected chi connectivity index (χ1v) is 7.04. The van der Waals surface area contributed by atoms with E-state index in [2.05, 4.69) is 24.4 Å². The Balaban J connectivity index is 2.01. The zero-order valence-electron chi connectivity index (χ0n) is 11.3. The summed E-state index contributed by atoms with van der Waals surface area (Å²) in [5.41, 5.74) is 0.498. The van der Waals surface area contributed by atoms with Gasteiger partial charge in [0.25, 0.3) is 0 Å². The summed E-state index contributed by atoms with van der Waals surface area (Å²) < 4.78 is 0. The second-order valence-electron chi connectivity index (χ2n) is 5.36. The van der Waals surface area contributed by atoms with Crippen LogP contribution in [-0.4, -0.2) is 17.9 Å². The van der Waals surface area contributed by atoms with Crippen molar-refractivity contribution in [2.24, 2.45) is 0 Å². The summed E-state index contributed by atoms with van der Waals surface area (Å²) in [5.74, 6) is 0.248. The molecule has 98 valence electrons. The van der Waals surface area contributed by atoms with E-state index in [-0.39, 0.29) is 11.3 Å². The van der Waals surface area contributed by atoms with Gasteiger partial charge in [0.15, 0.2) is 5.78 Å². The molecule has 1 saturated heterocycles. The molecule has 1 fully saturated rings. The minimum absolute atomic E-state index is 0.248. The number of benzene rings is 2. The first kappa shape index (κ1) is 12.4. The highest BCUT2D eigenvalue weighted by Crippen LogP contribution is 2.28. The molecule has 0 amide bonds. The van der Waals surface area contributed by atoms with E-state index in [1.165, 1.54) is 5.39 Å². The molecule has 1 atom stereocenters. The van der Waals surface area contributed by atoms with Crippen LogP contribution in [-0.2, 0) is 0 Å². The van der Waals surface area contributed by atoms with Crippen molar-refractivity contribution in [1.82, 2.24) is 5.32 Å². The summed E-state index contributed by atoms with van der Waals surface area (Å²) in [4.78, 5) is 12.8. The van der Waals surface area contributed by atoms with Crippen molar-refractivity contribution in [2.45, 2.75) is 31.7 Å². The Morgan fingerprint density at radius 2 is 2.00 bits per heavy atom. The monoisotopic (exact) mass is 253 g/mol. The summed E-state index contributed by atoms with van der Waals surface area (Å²) in [6.45, 7) is 3.05. The van der Waals surface area contributed by atoms with Gasteiger partial charge in [-0.25, -0.2) is 0 Å². The van der Waals surface area contributed by atoms with Gasteiger partial charge in [-0.2, -0.15) is 0 Å². The fraction of sp³-hybridized carbons (Fsp3) is 0.353. The lowest BCUT2D eigenvalue weighted by molar-refractivity contribution is 0.0864. The molecule has 0 aromatic heterocycles. The second-order valence-corrected chi connectivity index (χ2v) is 5.36. The summed E-state index contributed by atoms with van der Waals surface area (Å²) in [6.07, 6.45) is 2.90. The molecular weight excluding hydrogens is 234 g/mol. The highest BCUT2D eigenvalue weighted by Gasteiger charge is 2.39. The van der Waals surface area contributed by atoms with Gasteiger partial charge in [-0.05, 0) is 42.6 Å². The van der Waals surface area contributed by atoms with E-state index in [0.29, 0.717) is 0 Å². The molecule has 1 aliphatic heterocycles. The predicted molar refractivity (Wildman–Crippen MR) is 78.5 cm³/mol. The minimum atomic E-state index is -0.331. The van der Waals surface area contributed by atoms with Crippen LogP contribution in [0.15, 0.2) is 42.5 Å². The van der Waals surface area contributed by atoms with Crippen molar-refractivity contribution in [3.63, 3.8) is 0 Å². The number of fused-ring (bicyclic) bond motifs is 1. The maximum Gasteiger partial charge on any atom is 0.182 e. The lowest BCUT2D eigenvalue weighted by atomic mass is 9.85. The molecule has 0 spiro atoms. The maximum atomic E-state index is 12.8. The smallest absolute Gasteiger partial charge is 0.182 e. The normalized spacial score (nSPS) is 22.8. The fourth-order valence-corrected chi connectivity index (χ4v) is 3.07. The van der Waals surface area contributed by atoms with E-state index in [0.717, 1.165) is 36.8 Å². The van der Waals surface area contributed by atoms with Crippen LogP contribution >= 0.6 is 0 Å². The van der Waals surface area contributed by atoms with E-state index in [1.807, 2.05) is 30.3 Å². The molecule has 0 radical (unpaired) electrons. The average Bonchev–Trinajstić information content (AvgIpc) is 2.96. The molecule has 1 heterocycles. The Kier molecular flexibility index (Phi) is 3.11. The van der Waals surface area contributed by atoms with Crippen molar-refractivity contribution < 1.29 is 4.79 Å². The van der Waals surface area contributed by atoms with Gasteiger partial charge < -0.3 is 5.32 Å². The second kappa shape index (κ2) is 4.78. The summed E-state index contributed by atoms with van der Waals surface area (Å²) in [7, 11) is 0. The lowest BCUT2D eigenvalue weighted by Crippen LogP contribution is -2.46. The predicted octanol–water partition coefficient (Wildman–Crippen LogP) is 3.55. The highest BCUT2D eigenvalue weighted by molar-refractivity contribution is 6.05. The quantitative estimate of drug-likeness (QED) is 0.847. The molecule has 2 heteroatoms. The number of nitrogens with one attached hydrogen (secondary N) is 1. The topological polar surface area (TPSA) is 29.1 Å². The third-order valence-electron chi connectivity index (χ3n) is 4.29. The lowest BCUT2D eigenvalue weighted by Gasteiger charge is -2.26. The van der Waals surface area contributed by atoms with Crippen molar-refractivity contribution in [2.75, 3.05) is 6.54 Å². The molecule has 1 N–H and O–H groups in total. The zero-order valence-corrected chi connectivity index (χ0v) is 11.3. The Labute approximate surface area is 113 Å². The van der Waals surface area contributed by atoms with Crippen LogP contribution in [0, 0.1) is 0 Å². The van der Waals surface area contributed by atoms with Gasteiger partial charge in [0, 0.05) is 5.56 Å². The molecule has 0 aliphatic carbocycles. The molecule has 0 bridgehead atoms. The SMILES string of the molecule is CCC1(C(=O)c2ccc3ccccc3c2)CCCN1. The summed E-state index contributed by atoms with van der Waals surface area (Å²) >= 11 is 0. The van der Waals surface area contributed by atoms with Crippen LogP contribution in [0.3, 0.4) is 0 Å². The molecular formula is C17H19NO. The van der Waals surface area contributed by atoms with E-state index in [1.54, 1.807) is 0 Å². The number of hydrogen-bond donors (Lipinski definition) is 1. The molecule has 1 aliphatic rings. The number of carbonyl (C=O) groups excluding carboxylic acids is 1. The minimum Gasteiger partial charge on any atom is -0.305 e. The van der Waals surface area contributed by atoms with Crippen molar-refractivity contribution >= 4 is 16.6 Å². The van der Waals surface area contributed by atoms with Crippen LogP contribution in [0.1, 0.15) is 36.5 Å². The number of Topliss-reactive ketones (excluding diaryl/α,β-unsaturated/α-hetero) is 1. The highest BCUT2D eigenvalue weighted by atomic mass is 16.1. The molecule has 1 unspecified atom stereocenters. The van der Waals surface area contributed by atoms with Crippen LogP contribution in [0.5, 0.6) is 0 Å². The zero-order chi connectivity index (χ0) is 13.3. The van der Waals surface area contributed by atoms with Gasteiger partial charge in [0.05, 0.1) is 5.54 Å². The first-order valence-electron chi connectivity index (χ1n) is 7.04. The number of ketones is 1. The third-order valence-corrected chi connectivity index (χ3v) is 4.29. The Morgan fingerprint density at radius 3 is 2.68 bits per heavy atom. The fourth-order valence-electron chi connectivity index (χ4n) is 3.07. The Hall–Kier alpha value is -1.67. The molecule has 19 heavy (non-hydrogen) atoms. The Bertz CT molecular complexity index is 611. The first-order chi connectivity index (χ1) is 9.25. The van der Waals surface area contributed by atoms with Crippen LogP contribution in [0.25, 0.3) is 10.8 Å². The van der Waals surface area contributed by atoms with Crippen molar-refractivity contribution in [3.05, 3.63) is 48.0 Å².